The first-order chi connectivity index (χ1) is 13.4. The molecule has 3 aromatic rings. The van der Waals surface area contributed by atoms with Crippen molar-refractivity contribution in [3.05, 3.63) is 66.5 Å². The van der Waals surface area contributed by atoms with Crippen LogP contribution >= 0.6 is 11.8 Å². The highest BCUT2D eigenvalue weighted by Crippen LogP contribution is 2.29. The Morgan fingerprint density at radius 1 is 1.21 bits per heavy atom. The number of ether oxygens (including phenoxy) is 1. The van der Waals surface area contributed by atoms with Gasteiger partial charge in [0.25, 0.3) is 0 Å². The number of halogens is 2. The number of nitrogens with one attached hydrogen (secondary N) is 1. The number of carbonyl (C=O) groups excluding carboxylic acids is 1. The monoisotopic (exact) mass is 403 g/mol. The smallest absolute Gasteiger partial charge is 0.387 e. The van der Waals surface area contributed by atoms with E-state index in [9.17, 15) is 13.6 Å². The molecule has 8 heteroatoms. The average molecular weight is 403 g/mol. The maximum Gasteiger partial charge on any atom is 0.387 e. The van der Waals surface area contributed by atoms with Crippen LogP contribution < -0.4 is 10.1 Å². The quantitative estimate of drug-likeness (QED) is 0.570. The van der Waals surface area contributed by atoms with Gasteiger partial charge in [0.15, 0.2) is 5.16 Å². The van der Waals surface area contributed by atoms with Crippen molar-refractivity contribution in [1.82, 2.24) is 9.55 Å². The number of hydrogen-bond donors (Lipinski definition) is 1. The first-order valence-corrected chi connectivity index (χ1v) is 9.44. The van der Waals surface area contributed by atoms with E-state index in [-0.39, 0.29) is 17.3 Å². The molecule has 1 aromatic heterocycles. The number of alkyl halides is 2. The molecular weight excluding hydrogens is 384 g/mol. The fourth-order valence-corrected chi connectivity index (χ4v) is 3.45. The number of nitrogens with zero attached hydrogens (tertiary/aromatic N) is 2. The molecule has 0 aliphatic rings. The lowest BCUT2D eigenvalue weighted by molar-refractivity contribution is -0.115. The third kappa shape index (κ3) is 4.89. The molecule has 0 saturated carbocycles. The standard InChI is InChI=1S/C20H19F2N3O2S/c1-13-6-5-7-15(12-13)25-11-10-23-20(25)28-14(2)18(26)24-16-8-3-4-9-17(16)27-19(21)22/h3-12,14,19H,1-2H3,(H,24,26). The molecule has 1 atom stereocenters. The molecule has 1 heterocycles. The number of aromatic nitrogens is 2. The van der Waals surface area contributed by atoms with Gasteiger partial charge in [-0.3, -0.25) is 9.36 Å². The zero-order chi connectivity index (χ0) is 20.1. The van der Waals surface area contributed by atoms with Gasteiger partial charge in [-0.05, 0) is 43.7 Å². The summed E-state index contributed by atoms with van der Waals surface area (Å²) in [7, 11) is 0. The van der Waals surface area contributed by atoms with Crippen molar-refractivity contribution in [1.29, 1.82) is 0 Å². The van der Waals surface area contributed by atoms with Gasteiger partial charge in [0.05, 0.1) is 10.9 Å². The summed E-state index contributed by atoms with van der Waals surface area (Å²) < 4.78 is 31.4. The number of thioether (sulfide) groups is 1. The number of hydrogen-bond acceptors (Lipinski definition) is 4. The first kappa shape index (κ1) is 19.9. The third-order valence-electron chi connectivity index (χ3n) is 3.90. The second-order valence-electron chi connectivity index (χ2n) is 6.04. The molecule has 0 saturated heterocycles. The fourth-order valence-electron chi connectivity index (χ4n) is 2.57. The Balaban J connectivity index is 1.72. The van der Waals surface area contributed by atoms with Crippen LogP contribution in [0.5, 0.6) is 5.75 Å². The van der Waals surface area contributed by atoms with E-state index in [1.165, 1.54) is 23.9 Å². The van der Waals surface area contributed by atoms with Gasteiger partial charge in [0, 0.05) is 18.1 Å². The minimum absolute atomic E-state index is 0.0793. The fraction of sp³-hybridized carbons (Fsp3) is 0.200. The Bertz CT molecular complexity index is 962. The molecule has 28 heavy (non-hydrogen) atoms. The van der Waals surface area contributed by atoms with E-state index in [1.807, 2.05) is 42.0 Å². The van der Waals surface area contributed by atoms with Crippen molar-refractivity contribution < 1.29 is 18.3 Å². The lowest BCUT2D eigenvalue weighted by Gasteiger charge is -2.15. The van der Waals surface area contributed by atoms with Crippen molar-refractivity contribution >= 4 is 23.4 Å². The summed E-state index contributed by atoms with van der Waals surface area (Å²) in [5.41, 5.74) is 2.26. The maximum atomic E-state index is 12.6. The number of imidazole rings is 1. The zero-order valence-corrected chi connectivity index (χ0v) is 16.1. The van der Waals surface area contributed by atoms with Crippen LogP contribution in [0, 0.1) is 6.92 Å². The summed E-state index contributed by atoms with van der Waals surface area (Å²) in [5, 5.41) is 2.79. The van der Waals surface area contributed by atoms with Crippen LogP contribution in [0.3, 0.4) is 0 Å². The van der Waals surface area contributed by atoms with E-state index in [1.54, 1.807) is 25.3 Å². The predicted molar refractivity (Wildman–Crippen MR) is 105 cm³/mol. The van der Waals surface area contributed by atoms with Crippen LogP contribution in [0.1, 0.15) is 12.5 Å². The van der Waals surface area contributed by atoms with E-state index >= 15 is 0 Å². The number of carbonyl (C=O) groups is 1. The van der Waals surface area contributed by atoms with Crippen molar-refractivity contribution in [2.75, 3.05) is 5.32 Å². The molecule has 1 N–H and O–H groups in total. The minimum atomic E-state index is -2.97. The van der Waals surface area contributed by atoms with Crippen LogP contribution in [-0.2, 0) is 4.79 Å². The summed E-state index contributed by atoms with van der Waals surface area (Å²) in [6.45, 7) is 0.764. The summed E-state index contributed by atoms with van der Waals surface area (Å²) in [6.07, 6.45) is 3.49. The first-order valence-electron chi connectivity index (χ1n) is 8.56. The molecule has 1 amide bonds. The van der Waals surface area contributed by atoms with Crippen LogP contribution in [0.25, 0.3) is 5.69 Å². The highest BCUT2D eigenvalue weighted by Gasteiger charge is 2.20. The van der Waals surface area contributed by atoms with Crippen LogP contribution in [-0.4, -0.2) is 27.3 Å². The number of para-hydroxylation sites is 2. The van der Waals surface area contributed by atoms with Gasteiger partial charge in [-0.25, -0.2) is 4.98 Å². The summed E-state index contributed by atoms with van der Waals surface area (Å²) in [4.78, 5) is 16.9. The predicted octanol–water partition coefficient (Wildman–Crippen LogP) is 4.90. The Labute approximate surface area is 165 Å². The Morgan fingerprint density at radius 2 is 2.00 bits per heavy atom. The number of anilines is 1. The van der Waals surface area contributed by atoms with E-state index < -0.39 is 11.9 Å². The molecule has 0 fully saturated rings. The molecule has 0 aliphatic heterocycles. The summed E-state index contributed by atoms with van der Waals surface area (Å²) in [5.74, 6) is -0.418. The molecular formula is C20H19F2N3O2S. The van der Waals surface area contributed by atoms with Gasteiger partial charge in [-0.15, -0.1) is 0 Å². The Hall–Kier alpha value is -2.87. The van der Waals surface area contributed by atoms with Crippen LogP contribution in [0.15, 0.2) is 66.1 Å². The highest BCUT2D eigenvalue weighted by molar-refractivity contribution is 8.00. The van der Waals surface area contributed by atoms with Gasteiger partial charge in [-0.1, -0.05) is 36.0 Å². The minimum Gasteiger partial charge on any atom is -0.433 e. The molecule has 1 unspecified atom stereocenters. The van der Waals surface area contributed by atoms with E-state index in [2.05, 4.69) is 15.0 Å². The molecule has 2 aromatic carbocycles. The van der Waals surface area contributed by atoms with Gasteiger partial charge < -0.3 is 10.1 Å². The van der Waals surface area contributed by atoms with Crippen molar-refractivity contribution in [3.8, 4) is 11.4 Å². The average Bonchev–Trinajstić information content (AvgIpc) is 3.11. The van der Waals surface area contributed by atoms with Gasteiger partial charge in [0.1, 0.15) is 5.75 Å². The molecule has 0 radical (unpaired) electrons. The Kier molecular flexibility index (Phi) is 6.30. The number of rotatable bonds is 7. The van der Waals surface area contributed by atoms with Gasteiger partial charge >= 0.3 is 6.61 Å². The van der Waals surface area contributed by atoms with Gasteiger partial charge in [0.2, 0.25) is 5.91 Å². The van der Waals surface area contributed by atoms with Gasteiger partial charge in [-0.2, -0.15) is 8.78 Å². The number of benzene rings is 2. The molecule has 146 valence electrons. The molecule has 3 rings (SSSR count). The third-order valence-corrected chi connectivity index (χ3v) is 4.98. The lowest BCUT2D eigenvalue weighted by Crippen LogP contribution is -2.23. The van der Waals surface area contributed by atoms with E-state index in [4.69, 9.17) is 0 Å². The Morgan fingerprint density at radius 3 is 2.75 bits per heavy atom. The molecule has 5 nitrogen and oxygen atoms in total. The van der Waals surface area contributed by atoms with E-state index in [0.717, 1.165) is 11.3 Å². The van der Waals surface area contributed by atoms with Crippen molar-refractivity contribution in [3.63, 3.8) is 0 Å². The molecule has 0 spiro atoms. The SMILES string of the molecule is Cc1cccc(-n2ccnc2SC(C)C(=O)Nc2ccccc2OC(F)F)c1. The van der Waals surface area contributed by atoms with Crippen molar-refractivity contribution in [2.45, 2.75) is 30.9 Å². The summed E-state index contributed by atoms with van der Waals surface area (Å²) in [6, 6.07) is 14.0. The largest absolute Gasteiger partial charge is 0.433 e. The van der Waals surface area contributed by atoms with Crippen LogP contribution in [0.4, 0.5) is 14.5 Å². The normalized spacial score (nSPS) is 12.0. The zero-order valence-electron chi connectivity index (χ0n) is 15.3. The summed E-state index contributed by atoms with van der Waals surface area (Å²) >= 11 is 1.28. The van der Waals surface area contributed by atoms with Crippen molar-refractivity contribution in [2.24, 2.45) is 0 Å². The lowest BCUT2D eigenvalue weighted by atomic mass is 10.2. The highest BCUT2D eigenvalue weighted by atomic mass is 32.2. The maximum absolute atomic E-state index is 12.6. The number of aryl methyl sites for hydroxylation is 1. The second kappa shape index (κ2) is 8.88. The topological polar surface area (TPSA) is 56.2 Å². The number of amides is 1. The molecule has 0 aliphatic carbocycles. The molecule has 0 bridgehead atoms. The van der Waals surface area contributed by atoms with E-state index in [0.29, 0.717) is 5.16 Å². The second-order valence-corrected chi connectivity index (χ2v) is 7.35. The van der Waals surface area contributed by atoms with Crippen LogP contribution in [0.2, 0.25) is 0 Å².